The second-order valence-electron chi connectivity index (χ2n) is 7.21. The average Bonchev–Trinajstić information content (AvgIpc) is 2.62. The Hall–Kier alpha value is -0.240. The largest absolute Gasteiger partial charge is 0.464 e. The molecule has 0 rings (SSSR count). The molecular formula is C20H40O5S2. The van der Waals surface area contributed by atoms with Gasteiger partial charge in [-0.15, -0.1) is 0 Å². The molecule has 1 N–H and O–H groups in total. The van der Waals surface area contributed by atoms with Gasteiger partial charge in [0.2, 0.25) is 0 Å². The summed E-state index contributed by atoms with van der Waals surface area (Å²) in [5.41, 5.74) is 0. The van der Waals surface area contributed by atoms with Crippen molar-refractivity contribution in [3.63, 3.8) is 0 Å². The van der Waals surface area contributed by atoms with Gasteiger partial charge in [0.25, 0.3) is 9.05 Å². The Morgan fingerprint density at radius 1 is 0.778 bits per heavy atom. The van der Waals surface area contributed by atoms with Crippen molar-refractivity contribution in [1.82, 2.24) is 0 Å². The van der Waals surface area contributed by atoms with Crippen molar-refractivity contribution in [2.45, 2.75) is 110 Å². The van der Waals surface area contributed by atoms with Crippen molar-refractivity contribution in [2.24, 2.45) is 0 Å². The molecule has 0 saturated heterocycles. The van der Waals surface area contributed by atoms with Crippen LogP contribution in [-0.2, 0) is 34.0 Å². The zero-order chi connectivity index (χ0) is 20.2. The second-order valence-corrected chi connectivity index (χ2v) is 9.57. The molecule has 0 aromatic rings. The molecule has 27 heavy (non-hydrogen) atoms. The minimum absolute atomic E-state index is 0.324. The van der Waals surface area contributed by atoms with Crippen LogP contribution in [0.3, 0.4) is 0 Å². The third-order valence-corrected chi connectivity index (χ3v) is 5.29. The summed E-state index contributed by atoms with van der Waals surface area (Å²) >= 11 is 4.11. The van der Waals surface area contributed by atoms with E-state index in [-0.39, 0.29) is 0 Å². The van der Waals surface area contributed by atoms with Crippen LogP contribution in [0.1, 0.15) is 110 Å². The summed E-state index contributed by atoms with van der Waals surface area (Å²) in [5.74, 6) is -0.650. The van der Waals surface area contributed by atoms with E-state index < -0.39 is 21.6 Å². The van der Waals surface area contributed by atoms with Gasteiger partial charge in [-0.1, -0.05) is 103 Å². The zero-order valence-corrected chi connectivity index (χ0v) is 18.8. The van der Waals surface area contributed by atoms with Crippen LogP contribution in [0.5, 0.6) is 0 Å². The summed E-state index contributed by atoms with van der Waals surface area (Å²) in [6.45, 7) is 2.01. The van der Waals surface area contributed by atoms with Crippen molar-refractivity contribution >= 4 is 26.2 Å². The van der Waals surface area contributed by atoms with Crippen molar-refractivity contribution in [3.05, 3.63) is 0 Å². The van der Waals surface area contributed by atoms with E-state index in [0.29, 0.717) is 6.61 Å². The molecule has 0 radical (unpaired) electrons. The van der Waals surface area contributed by atoms with E-state index in [9.17, 15) is 9.00 Å². The highest BCUT2D eigenvalue weighted by atomic mass is 32.9. The van der Waals surface area contributed by atoms with Crippen LogP contribution in [-0.4, -0.2) is 27.9 Å². The fourth-order valence-corrected chi connectivity index (χ4v) is 3.39. The van der Waals surface area contributed by atoms with Gasteiger partial charge < -0.3 is 4.74 Å². The monoisotopic (exact) mass is 424 g/mol. The van der Waals surface area contributed by atoms with Crippen LogP contribution in [0.4, 0.5) is 0 Å². The Bertz CT molecular complexity index is 438. The first-order valence-electron chi connectivity index (χ1n) is 10.7. The Balaban J connectivity index is 3.16. The Kier molecular flexibility index (Phi) is 18.9. The van der Waals surface area contributed by atoms with Crippen molar-refractivity contribution in [2.75, 3.05) is 13.2 Å². The number of carbonyl (C=O) groups excluding carboxylic acids is 1. The van der Waals surface area contributed by atoms with Gasteiger partial charge in [-0.2, -0.15) is 4.21 Å². The Morgan fingerprint density at radius 3 is 1.52 bits per heavy atom. The van der Waals surface area contributed by atoms with Gasteiger partial charge in [-0.3, -0.25) is 8.74 Å². The average molecular weight is 425 g/mol. The molecule has 0 aliphatic carbocycles. The summed E-state index contributed by atoms with van der Waals surface area (Å²) in [7, 11) is -3.75. The lowest BCUT2D eigenvalue weighted by Crippen LogP contribution is -2.16. The van der Waals surface area contributed by atoms with Gasteiger partial charge >= 0.3 is 5.97 Å². The quantitative estimate of drug-likeness (QED) is 0.192. The fraction of sp³-hybridized carbons (Fsp3) is 0.950. The van der Waals surface area contributed by atoms with Crippen LogP contribution < -0.4 is 0 Å². The highest BCUT2D eigenvalue weighted by Crippen LogP contribution is 2.13. The first kappa shape index (κ1) is 26.8. The molecule has 1 atom stereocenters. The molecule has 0 heterocycles. The SMILES string of the molecule is CCCCCCCCCCCCCCCCCCOC(=O)COS(=O)(O)=S. The van der Waals surface area contributed by atoms with E-state index in [2.05, 4.69) is 22.3 Å². The Labute approximate surface area is 171 Å². The molecule has 0 fully saturated rings. The lowest BCUT2D eigenvalue weighted by Gasteiger charge is -2.05. The van der Waals surface area contributed by atoms with Crippen LogP contribution in [0.15, 0.2) is 0 Å². The van der Waals surface area contributed by atoms with Gasteiger partial charge in [-0.05, 0) is 6.42 Å². The lowest BCUT2D eigenvalue weighted by molar-refractivity contribution is -0.146. The van der Waals surface area contributed by atoms with Crippen LogP contribution in [0, 0.1) is 0 Å². The van der Waals surface area contributed by atoms with Crippen molar-refractivity contribution < 1.29 is 22.5 Å². The topological polar surface area (TPSA) is 72.8 Å². The number of hydrogen-bond donors (Lipinski definition) is 1. The lowest BCUT2D eigenvalue weighted by atomic mass is 10.0. The van der Waals surface area contributed by atoms with Gasteiger partial charge in [0.05, 0.1) is 6.61 Å². The Morgan fingerprint density at radius 2 is 1.15 bits per heavy atom. The van der Waals surface area contributed by atoms with Crippen molar-refractivity contribution in [3.8, 4) is 0 Å². The van der Waals surface area contributed by atoms with Crippen molar-refractivity contribution in [1.29, 1.82) is 0 Å². The van der Waals surface area contributed by atoms with Crippen LogP contribution in [0.2, 0.25) is 0 Å². The van der Waals surface area contributed by atoms with E-state index in [1.807, 2.05) is 0 Å². The molecule has 0 amide bonds. The van der Waals surface area contributed by atoms with Gasteiger partial charge in [0.15, 0.2) is 6.61 Å². The predicted molar refractivity (Wildman–Crippen MR) is 115 cm³/mol. The third kappa shape index (κ3) is 23.7. The normalized spacial score (nSPS) is 13.4. The molecule has 162 valence electrons. The molecule has 0 aromatic heterocycles. The molecule has 0 spiro atoms. The summed E-state index contributed by atoms with van der Waals surface area (Å²) < 4.78 is 28.6. The number of hydrogen-bond acceptors (Lipinski definition) is 5. The molecule has 1 unspecified atom stereocenters. The van der Waals surface area contributed by atoms with E-state index >= 15 is 0 Å². The second kappa shape index (κ2) is 19.1. The smallest absolute Gasteiger partial charge is 0.333 e. The van der Waals surface area contributed by atoms with Gasteiger partial charge in [-0.25, -0.2) is 4.79 Å². The van der Waals surface area contributed by atoms with Crippen LogP contribution >= 0.6 is 0 Å². The van der Waals surface area contributed by atoms with Gasteiger partial charge in [0, 0.05) is 11.2 Å². The fourth-order valence-electron chi connectivity index (χ4n) is 3.00. The number of rotatable bonds is 20. The maximum Gasteiger partial charge on any atom is 0.333 e. The van der Waals surface area contributed by atoms with Gasteiger partial charge in [0.1, 0.15) is 0 Å². The first-order chi connectivity index (χ1) is 13.0. The summed E-state index contributed by atoms with van der Waals surface area (Å²) in [5, 5.41) is 0. The van der Waals surface area contributed by atoms with E-state index in [4.69, 9.17) is 9.29 Å². The molecule has 0 bridgehead atoms. The van der Waals surface area contributed by atoms with E-state index in [1.54, 1.807) is 0 Å². The zero-order valence-electron chi connectivity index (χ0n) is 17.1. The highest BCUT2D eigenvalue weighted by molar-refractivity contribution is 8.27. The highest BCUT2D eigenvalue weighted by Gasteiger charge is 2.07. The number of esters is 1. The number of unbranched alkanes of at least 4 members (excludes halogenated alkanes) is 15. The predicted octanol–water partition coefficient (Wildman–Crippen LogP) is 5.94. The summed E-state index contributed by atoms with van der Waals surface area (Å²) in [6, 6.07) is 0. The third-order valence-electron chi connectivity index (χ3n) is 4.59. The minimum Gasteiger partial charge on any atom is -0.464 e. The van der Waals surface area contributed by atoms with E-state index in [0.717, 1.165) is 19.3 Å². The maximum absolute atomic E-state index is 11.2. The summed E-state index contributed by atoms with van der Waals surface area (Å²) in [6.07, 6.45) is 20.7. The summed E-state index contributed by atoms with van der Waals surface area (Å²) in [4.78, 5) is 11.2. The molecule has 0 aliphatic rings. The molecule has 0 saturated carbocycles. The van der Waals surface area contributed by atoms with E-state index in [1.165, 1.54) is 83.5 Å². The molecule has 5 nitrogen and oxygen atoms in total. The number of ether oxygens (including phenoxy) is 1. The number of carbonyl (C=O) groups is 1. The maximum atomic E-state index is 11.2. The minimum atomic E-state index is -3.75. The molecule has 0 aromatic carbocycles. The molecule has 0 aliphatic heterocycles. The molecule has 7 heteroatoms. The molecular weight excluding hydrogens is 384 g/mol. The standard InChI is InChI=1S/C20H40O5S2/c1-2-3-4-5-6-7-8-9-10-11-12-13-14-15-16-17-18-24-20(21)19-25-27(22,23)26/h2-19H2,1H3,(H,22,23,26). The van der Waals surface area contributed by atoms with Crippen LogP contribution in [0.25, 0.3) is 0 Å². The first-order valence-corrected chi connectivity index (χ1v) is 13.1.